The minimum Gasteiger partial charge on any atom is -0.311 e. The number of aromatic nitrogens is 1. The molecule has 0 unspecified atom stereocenters. The van der Waals surface area contributed by atoms with Gasteiger partial charge in [0, 0.05) is 54.4 Å². The molecule has 4 heteroatoms. The Bertz CT molecular complexity index is 3470. The molecule has 1 aromatic heterocycles. The van der Waals surface area contributed by atoms with Gasteiger partial charge in [0.1, 0.15) is 0 Å². The van der Waals surface area contributed by atoms with Crippen LogP contribution in [0.15, 0.2) is 246 Å². The summed E-state index contributed by atoms with van der Waals surface area (Å²) in [6.45, 7) is 0.0490. The number of hydrogen-bond donors (Lipinski definition) is 0. The summed E-state index contributed by atoms with van der Waals surface area (Å²) in [6, 6.07) is 87.2. The first kappa shape index (κ1) is 36.8. The Morgan fingerprint density at radius 3 is 1.45 bits per heavy atom. The van der Waals surface area contributed by atoms with E-state index in [2.05, 4.69) is 246 Å². The fourth-order valence-electron chi connectivity index (χ4n) is 10.4. The molecule has 0 aliphatic carbocycles. The molecule has 11 aromatic rings. The van der Waals surface area contributed by atoms with Crippen LogP contribution in [0, 0.1) is 0 Å². The van der Waals surface area contributed by atoms with Crippen molar-refractivity contribution in [1.82, 2.24) is 4.57 Å². The van der Waals surface area contributed by atoms with E-state index in [1.54, 1.807) is 0 Å². The van der Waals surface area contributed by atoms with Crippen LogP contribution in [0.4, 0.5) is 17.1 Å². The van der Waals surface area contributed by atoms with Gasteiger partial charge >= 0.3 is 0 Å². The van der Waals surface area contributed by atoms with Gasteiger partial charge in [0.15, 0.2) is 0 Å². The van der Waals surface area contributed by atoms with Crippen LogP contribution in [0.3, 0.4) is 0 Å². The molecule has 0 atom stereocenters. The molecule has 0 N–H and O–H groups in total. The molecule has 0 saturated carbocycles. The Labute approximate surface area is 377 Å². The third kappa shape index (κ3) is 5.83. The molecule has 0 bridgehead atoms. The molecule has 0 saturated heterocycles. The van der Waals surface area contributed by atoms with Crippen LogP contribution >= 0.6 is 11.8 Å². The lowest BCUT2D eigenvalue weighted by Gasteiger charge is -2.41. The third-order valence-electron chi connectivity index (χ3n) is 13.2. The molecule has 0 radical (unpaired) electrons. The smallest absolute Gasteiger partial charge is 0.249 e. The fraction of sp³-hybridized carbons (Fsp3) is 0. The number of hydrogen-bond acceptors (Lipinski definition) is 2. The molecule has 13 rings (SSSR count). The van der Waals surface area contributed by atoms with Gasteiger partial charge in [-0.15, -0.1) is 0 Å². The molecule has 2 aliphatic rings. The first-order valence-electron chi connectivity index (χ1n) is 22.0. The van der Waals surface area contributed by atoms with Gasteiger partial charge in [0.05, 0.1) is 11.0 Å². The maximum absolute atomic E-state index is 2.58. The van der Waals surface area contributed by atoms with Crippen LogP contribution in [-0.2, 0) is 0 Å². The summed E-state index contributed by atoms with van der Waals surface area (Å²) in [5.74, 6) is 0. The van der Waals surface area contributed by atoms with Gasteiger partial charge in [-0.1, -0.05) is 217 Å². The lowest BCUT2D eigenvalue weighted by Crippen LogP contribution is -2.59. The summed E-state index contributed by atoms with van der Waals surface area (Å²) < 4.78 is 2.58. The molecule has 2 aliphatic heterocycles. The molecule has 0 spiro atoms. The zero-order valence-corrected chi connectivity index (χ0v) is 35.7. The van der Waals surface area contributed by atoms with Crippen molar-refractivity contribution in [2.75, 3.05) is 4.90 Å². The van der Waals surface area contributed by atoms with Crippen molar-refractivity contribution in [3.63, 3.8) is 0 Å². The van der Waals surface area contributed by atoms with Crippen molar-refractivity contribution < 1.29 is 0 Å². The molecule has 298 valence electrons. The largest absolute Gasteiger partial charge is 0.311 e. The van der Waals surface area contributed by atoms with Gasteiger partial charge < -0.3 is 9.47 Å². The van der Waals surface area contributed by atoms with Crippen molar-refractivity contribution in [3.05, 3.63) is 237 Å². The Balaban J connectivity index is 1.13. The Morgan fingerprint density at radius 2 is 0.844 bits per heavy atom. The minimum atomic E-state index is 0.0490. The Kier molecular flexibility index (Phi) is 8.60. The van der Waals surface area contributed by atoms with Crippen molar-refractivity contribution >= 4 is 73.7 Å². The molecule has 2 nitrogen and oxygen atoms in total. The number of anilines is 3. The maximum atomic E-state index is 2.58. The predicted octanol–water partition coefficient (Wildman–Crippen LogP) is 14.2. The topological polar surface area (TPSA) is 8.17 Å². The van der Waals surface area contributed by atoms with Crippen molar-refractivity contribution in [2.24, 2.45) is 0 Å². The van der Waals surface area contributed by atoms with Gasteiger partial charge in [-0.25, -0.2) is 0 Å². The predicted molar refractivity (Wildman–Crippen MR) is 272 cm³/mol. The second kappa shape index (κ2) is 14.9. The van der Waals surface area contributed by atoms with E-state index in [0.717, 1.165) is 11.4 Å². The van der Waals surface area contributed by atoms with Crippen molar-refractivity contribution in [3.8, 4) is 50.2 Å². The second-order valence-electron chi connectivity index (χ2n) is 16.8. The third-order valence-corrected chi connectivity index (χ3v) is 14.4. The molecular weight excluding hydrogens is 792 g/mol. The average molecular weight is 831 g/mol. The van der Waals surface area contributed by atoms with Crippen LogP contribution in [-0.4, -0.2) is 11.3 Å². The first-order chi connectivity index (χ1) is 31.8. The maximum Gasteiger partial charge on any atom is 0.249 e. The number of nitrogens with zero attached hydrogens (tertiary/aromatic N) is 2. The molecule has 64 heavy (non-hydrogen) atoms. The summed E-state index contributed by atoms with van der Waals surface area (Å²) in [5.41, 5.74) is 20.8. The van der Waals surface area contributed by atoms with Crippen LogP contribution in [0.25, 0.3) is 72.0 Å². The number of fused-ring (bicyclic) bond motifs is 7. The Hall–Kier alpha value is -7.79. The highest BCUT2D eigenvalue weighted by atomic mass is 32.2. The van der Waals surface area contributed by atoms with Crippen LogP contribution < -0.4 is 21.3 Å². The minimum absolute atomic E-state index is 0.0490. The van der Waals surface area contributed by atoms with E-state index >= 15 is 0 Å². The highest BCUT2D eigenvalue weighted by molar-refractivity contribution is 8.00. The lowest BCUT2D eigenvalue weighted by atomic mass is 9.34. The van der Waals surface area contributed by atoms with Crippen molar-refractivity contribution in [1.29, 1.82) is 0 Å². The molecule has 10 aromatic carbocycles. The fourth-order valence-corrected chi connectivity index (χ4v) is 11.6. The van der Waals surface area contributed by atoms with Gasteiger partial charge in [-0.05, 0) is 80.7 Å². The van der Waals surface area contributed by atoms with Crippen molar-refractivity contribution in [2.45, 2.75) is 9.79 Å². The lowest BCUT2D eigenvalue weighted by molar-refractivity contribution is 1.15. The number of benzene rings is 10. The number of para-hydroxylation sites is 2. The normalized spacial score (nSPS) is 12.6. The highest BCUT2D eigenvalue weighted by Crippen LogP contribution is 2.47. The molecular formula is C60H39BN2S. The summed E-state index contributed by atoms with van der Waals surface area (Å²) in [5, 5.41) is 2.48. The Morgan fingerprint density at radius 1 is 0.328 bits per heavy atom. The summed E-state index contributed by atoms with van der Waals surface area (Å²) in [4.78, 5) is 5.12. The summed E-state index contributed by atoms with van der Waals surface area (Å²) >= 11 is 1.91. The summed E-state index contributed by atoms with van der Waals surface area (Å²) in [7, 11) is 0. The van der Waals surface area contributed by atoms with E-state index in [9.17, 15) is 0 Å². The van der Waals surface area contributed by atoms with E-state index in [4.69, 9.17) is 0 Å². The zero-order valence-electron chi connectivity index (χ0n) is 34.9. The SMILES string of the molecule is c1ccc(-c2ccc(N3c4ccc(-c5ccccc5)cc4B4c5ccccc5Sc5cc(-n6c7c(-c8ccccc8)cccc7c7cccc(-c8ccccc8)c76)cc3c54)cc2)cc1. The monoisotopic (exact) mass is 830 g/mol. The zero-order chi connectivity index (χ0) is 42.1. The standard InChI is InChI=1S/C60H39BN2S/c1-5-17-40(18-6-1)42-31-34-46(35-32-42)62-54-36-33-45(41-19-7-2-8-20-41)37-53(54)61-52-29-13-14-30-56(52)64-57-39-47(38-55(62)58(57)61)63-59-48(43-21-9-3-10-22-43)25-15-27-50(59)51-28-16-26-49(60(51)63)44-23-11-4-12-24-44/h1-39H. The molecule has 3 heterocycles. The van der Waals surface area contributed by atoms with E-state index in [0.29, 0.717) is 0 Å². The number of rotatable bonds is 6. The second-order valence-corrected chi connectivity index (χ2v) is 17.9. The molecule has 0 fully saturated rings. The highest BCUT2D eigenvalue weighted by Gasteiger charge is 2.41. The van der Waals surface area contributed by atoms with Crippen LogP contribution in [0.5, 0.6) is 0 Å². The molecule has 0 amide bonds. The first-order valence-corrected chi connectivity index (χ1v) is 22.9. The van der Waals surface area contributed by atoms with E-state index < -0.39 is 0 Å². The van der Waals surface area contributed by atoms with Gasteiger partial charge in [-0.2, -0.15) is 0 Å². The van der Waals surface area contributed by atoms with Crippen LogP contribution in [0.2, 0.25) is 0 Å². The van der Waals surface area contributed by atoms with Gasteiger partial charge in [-0.3, -0.25) is 0 Å². The van der Waals surface area contributed by atoms with E-state index in [1.165, 1.54) is 104 Å². The van der Waals surface area contributed by atoms with E-state index in [1.807, 2.05) is 11.8 Å². The average Bonchev–Trinajstić information content (AvgIpc) is 3.72. The van der Waals surface area contributed by atoms with E-state index in [-0.39, 0.29) is 6.71 Å². The van der Waals surface area contributed by atoms with Gasteiger partial charge in [0.25, 0.3) is 0 Å². The van der Waals surface area contributed by atoms with Gasteiger partial charge in [0.2, 0.25) is 6.71 Å². The quantitative estimate of drug-likeness (QED) is 0.154. The summed E-state index contributed by atoms with van der Waals surface area (Å²) in [6.07, 6.45) is 0. The van der Waals surface area contributed by atoms with Crippen LogP contribution in [0.1, 0.15) is 0 Å².